The van der Waals surface area contributed by atoms with Gasteiger partial charge >= 0.3 is 38.2 Å². The Morgan fingerprint density at radius 1 is 1.27 bits per heavy atom. The molecule has 3 N–H and O–H groups in total. The van der Waals surface area contributed by atoms with Crippen LogP contribution in [0.15, 0.2) is 18.2 Å². The first-order chi connectivity index (χ1) is 6.43. The van der Waals surface area contributed by atoms with Crippen molar-refractivity contribution in [2.45, 2.75) is 6.92 Å². The first-order valence-corrected chi connectivity index (χ1v) is 5.16. The van der Waals surface area contributed by atoms with Crippen molar-refractivity contribution in [1.82, 2.24) is 0 Å². The maximum Gasteiger partial charge on any atom is 1.00 e. The van der Waals surface area contributed by atoms with Gasteiger partial charge in [-0.05, 0) is 0 Å². The van der Waals surface area contributed by atoms with Crippen molar-refractivity contribution < 1.29 is 44.2 Å². The smallest absolute Gasteiger partial charge is 0.399 e. The summed E-state index contributed by atoms with van der Waals surface area (Å²) in [6, 6.07) is 9.21. The van der Waals surface area contributed by atoms with E-state index in [0.717, 1.165) is 0 Å². The molecule has 80 valence electrons. The number of rotatable bonds is 1. The fraction of sp³-hybridized carbons (Fsp3) is 0.333. The predicted octanol–water partition coefficient (Wildman–Crippen LogP) is -1.94. The van der Waals surface area contributed by atoms with Crippen molar-refractivity contribution in [2.75, 3.05) is 19.0 Å². The number of hydrogen-bond donors (Lipinski definition) is 3. The monoisotopic (exact) mass is 239 g/mol. The zero-order valence-corrected chi connectivity index (χ0v) is 12.4. The van der Waals surface area contributed by atoms with Gasteiger partial charge in [0.1, 0.15) is 0 Å². The normalized spacial score (nSPS) is 8.73. The van der Waals surface area contributed by atoms with Gasteiger partial charge < -0.3 is 19.6 Å². The van der Waals surface area contributed by atoms with Gasteiger partial charge in [-0.2, -0.15) is 17.7 Å². The summed E-state index contributed by atoms with van der Waals surface area (Å²) in [5.74, 6) is 0. The fourth-order valence-corrected chi connectivity index (χ4v) is 0.848. The molecular weight excluding hydrogens is 224 g/mol. The molecule has 0 fully saturated rings. The van der Waals surface area contributed by atoms with E-state index in [1.54, 1.807) is 0 Å². The van der Waals surface area contributed by atoms with Gasteiger partial charge in [-0.25, -0.2) is 0 Å². The van der Waals surface area contributed by atoms with E-state index < -0.39 is 8.60 Å². The number of nitrogens with zero attached hydrogens (tertiary/aromatic N) is 1. The minimum Gasteiger partial charge on any atom is -0.399 e. The van der Waals surface area contributed by atoms with Gasteiger partial charge in [-0.1, -0.05) is 12.6 Å². The van der Waals surface area contributed by atoms with Crippen LogP contribution in [0.3, 0.4) is 0 Å². The second-order valence-electron chi connectivity index (χ2n) is 2.89. The molecular formula is C9H15NNaO3P. The standard InChI is InChI=1S/C9H12N.Na.H3O3P/c1-8-5-4-6-9(7-8)10(2)3;;1-4(2)3/h4,6-7H,1-3H3;;1-3H/q-1;+1;. The molecule has 1 aromatic rings. The average molecular weight is 239 g/mol. The van der Waals surface area contributed by atoms with Crippen LogP contribution in [0.25, 0.3) is 0 Å². The van der Waals surface area contributed by atoms with Crippen LogP contribution in [0.5, 0.6) is 0 Å². The van der Waals surface area contributed by atoms with Crippen molar-refractivity contribution in [1.29, 1.82) is 0 Å². The molecule has 4 nitrogen and oxygen atoms in total. The third-order valence-electron chi connectivity index (χ3n) is 1.45. The summed E-state index contributed by atoms with van der Waals surface area (Å²) < 4.78 is 0. The molecule has 0 spiro atoms. The van der Waals surface area contributed by atoms with Gasteiger partial charge in [0.2, 0.25) is 0 Å². The second kappa shape index (κ2) is 9.55. The fourth-order valence-electron chi connectivity index (χ4n) is 0.848. The van der Waals surface area contributed by atoms with Gasteiger partial charge in [0, 0.05) is 14.1 Å². The van der Waals surface area contributed by atoms with Crippen LogP contribution in [0.1, 0.15) is 5.56 Å². The Hall–Kier alpha value is 0.330. The summed E-state index contributed by atoms with van der Waals surface area (Å²) in [7, 11) is 1.45. The molecule has 15 heavy (non-hydrogen) atoms. The number of benzene rings is 1. The topological polar surface area (TPSA) is 63.9 Å². The maximum atomic E-state index is 7.23. The molecule has 0 saturated heterocycles. The van der Waals surface area contributed by atoms with E-state index in [1.165, 1.54) is 11.3 Å². The number of aryl methyl sites for hydroxylation is 1. The van der Waals surface area contributed by atoms with Gasteiger partial charge in [-0.15, -0.1) is 12.1 Å². The molecule has 0 amide bonds. The van der Waals surface area contributed by atoms with Gasteiger partial charge in [-0.3, -0.25) is 0 Å². The molecule has 0 unspecified atom stereocenters. The van der Waals surface area contributed by atoms with Crippen LogP contribution in [0, 0.1) is 13.0 Å². The van der Waals surface area contributed by atoms with E-state index in [0.29, 0.717) is 0 Å². The molecule has 0 heterocycles. The Kier molecular flexibility index (Phi) is 11.3. The molecule has 0 aliphatic rings. The molecule has 0 aliphatic carbocycles. The van der Waals surface area contributed by atoms with Crippen LogP contribution in [0.2, 0.25) is 0 Å². The summed E-state index contributed by atoms with van der Waals surface area (Å²) in [6.07, 6.45) is 0. The van der Waals surface area contributed by atoms with Gasteiger partial charge in [0.05, 0.1) is 0 Å². The molecule has 6 heteroatoms. The number of anilines is 1. The Morgan fingerprint density at radius 3 is 2.00 bits per heavy atom. The first-order valence-electron chi connectivity index (χ1n) is 3.96. The Morgan fingerprint density at radius 2 is 1.73 bits per heavy atom. The van der Waals surface area contributed by atoms with Crippen LogP contribution < -0.4 is 34.5 Å². The predicted molar refractivity (Wildman–Crippen MR) is 57.9 cm³/mol. The molecule has 0 atom stereocenters. The number of hydrogen-bond acceptors (Lipinski definition) is 4. The van der Waals surface area contributed by atoms with E-state index in [4.69, 9.17) is 14.7 Å². The second-order valence-corrected chi connectivity index (χ2v) is 3.43. The van der Waals surface area contributed by atoms with E-state index >= 15 is 0 Å². The van der Waals surface area contributed by atoms with Crippen molar-refractivity contribution in [3.05, 3.63) is 29.8 Å². The third-order valence-corrected chi connectivity index (χ3v) is 1.45. The summed E-state index contributed by atoms with van der Waals surface area (Å²) in [5, 5.41) is 0. The Labute approximate surface area is 114 Å². The Balaban J connectivity index is 0. The van der Waals surface area contributed by atoms with Crippen molar-refractivity contribution in [2.24, 2.45) is 0 Å². The van der Waals surface area contributed by atoms with E-state index in [2.05, 4.69) is 17.0 Å². The zero-order valence-electron chi connectivity index (χ0n) is 9.47. The van der Waals surface area contributed by atoms with E-state index in [-0.39, 0.29) is 29.6 Å². The zero-order chi connectivity index (χ0) is 11.1. The molecule has 0 aliphatic heterocycles. The third kappa shape index (κ3) is 10.6. The van der Waals surface area contributed by atoms with Crippen molar-refractivity contribution in [3.63, 3.8) is 0 Å². The van der Waals surface area contributed by atoms with Crippen molar-refractivity contribution >= 4 is 14.3 Å². The molecule has 0 bridgehead atoms. The molecule has 1 rings (SSSR count). The minimum absolute atomic E-state index is 0. The molecule has 1 aromatic carbocycles. The quantitative estimate of drug-likeness (QED) is 0.303. The van der Waals surface area contributed by atoms with Crippen molar-refractivity contribution in [3.8, 4) is 0 Å². The largest absolute Gasteiger partial charge is 1.00 e. The first kappa shape index (κ1) is 17.7. The summed E-state index contributed by atoms with van der Waals surface area (Å²) >= 11 is 0. The molecule has 0 saturated carbocycles. The summed E-state index contributed by atoms with van der Waals surface area (Å²) in [5.41, 5.74) is 2.42. The van der Waals surface area contributed by atoms with E-state index in [1.807, 2.05) is 33.2 Å². The minimum atomic E-state index is -2.62. The summed E-state index contributed by atoms with van der Waals surface area (Å²) in [6.45, 7) is 2.05. The molecule has 0 radical (unpaired) electrons. The summed E-state index contributed by atoms with van der Waals surface area (Å²) in [4.78, 5) is 23.8. The molecule has 0 aromatic heterocycles. The van der Waals surface area contributed by atoms with Gasteiger partial charge in [0.15, 0.2) is 0 Å². The Bertz CT molecular complexity index is 269. The average Bonchev–Trinajstić information content (AvgIpc) is 2.03. The van der Waals surface area contributed by atoms with E-state index in [9.17, 15) is 0 Å². The van der Waals surface area contributed by atoms with Crippen LogP contribution in [0.4, 0.5) is 5.69 Å². The van der Waals surface area contributed by atoms with Gasteiger partial charge in [0.25, 0.3) is 0 Å². The van der Waals surface area contributed by atoms with Crippen LogP contribution in [-0.2, 0) is 0 Å². The van der Waals surface area contributed by atoms with Crippen LogP contribution >= 0.6 is 8.60 Å². The van der Waals surface area contributed by atoms with Crippen LogP contribution in [-0.4, -0.2) is 28.8 Å². The SMILES string of the molecule is Cc1[c-]ccc(N(C)C)c1.OP(O)O.[Na+]. The maximum absolute atomic E-state index is 7.23.